The Morgan fingerprint density at radius 1 is 1.26 bits per heavy atom. The molecule has 1 fully saturated rings. The molecule has 0 aliphatic carbocycles. The fraction of sp³-hybridized carbons (Fsp3) is 0.409. The van der Waals surface area contributed by atoms with E-state index in [1.54, 1.807) is 0 Å². The predicted octanol–water partition coefficient (Wildman–Crippen LogP) is 2.83. The summed E-state index contributed by atoms with van der Waals surface area (Å²) in [5.41, 5.74) is 7.53. The van der Waals surface area contributed by atoms with E-state index < -0.39 is 0 Å². The Kier molecular flexibility index (Phi) is 6.63. The highest BCUT2D eigenvalue weighted by molar-refractivity contribution is 5.89. The van der Waals surface area contributed by atoms with Crippen molar-refractivity contribution in [3.05, 3.63) is 48.9 Å². The number of fused-ring (bicyclic) bond motifs is 1. The van der Waals surface area contributed by atoms with Crippen LogP contribution in [-0.4, -0.2) is 58.3 Å². The van der Waals surface area contributed by atoms with Crippen molar-refractivity contribution in [1.29, 1.82) is 0 Å². The van der Waals surface area contributed by atoms with Crippen LogP contribution >= 0.6 is 0 Å². The Morgan fingerprint density at radius 2 is 2.10 bits per heavy atom. The largest absolute Gasteiger partial charge is 0.383 e. The predicted molar refractivity (Wildman–Crippen MR) is 121 cm³/mol. The maximum absolute atomic E-state index is 11.9. The minimum absolute atomic E-state index is 0.0338. The van der Waals surface area contributed by atoms with E-state index in [1.165, 1.54) is 6.33 Å². The first-order valence-electron chi connectivity index (χ1n) is 10.6. The maximum Gasteiger partial charge on any atom is 0.319 e. The molecule has 4 rings (SSSR count). The fourth-order valence-corrected chi connectivity index (χ4v) is 3.94. The van der Waals surface area contributed by atoms with Crippen molar-refractivity contribution in [2.45, 2.75) is 31.6 Å². The number of anilines is 2. The van der Waals surface area contributed by atoms with E-state index in [0.717, 1.165) is 49.1 Å². The number of carbonyl (C=O) groups is 1. The Bertz CT molecular complexity index is 1010. The smallest absolute Gasteiger partial charge is 0.319 e. The lowest BCUT2D eigenvalue weighted by atomic mass is 10.2. The lowest BCUT2D eigenvalue weighted by Crippen LogP contribution is -2.34. The number of urea groups is 1. The SMILES string of the molecule is CN(CCCNC(=O)Nc1ccccc1)CC1CCC(n2ccc3c(N)ncnc32)O1. The molecule has 0 radical (unpaired) electrons. The molecular formula is C22H29N7O2. The van der Waals surface area contributed by atoms with Gasteiger partial charge in [0.05, 0.1) is 11.5 Å². The molecule has 3 aromatic rings. The van der Waals surface area contributed by atoms with Gasteiger partial charge in [0.2, 0.25) is 0 Å². The average molecular weight is 424 g/mol. The second-order valence-electron chi connectivity index (χ2n) is 7.87. The molecule has 4 N–H and O–H groups in total. The number of para-hydroxylation sites is 1. The van der Waals surface area contributed by atoms with E-state index in [-0.39, 0.29) is 18.4 Å². The quantitative estimate of drug-likeness (QED) is 0.481. The molecule has 1 aromatic carbocycles. The number of nitrogens with two attached hydrogens (primary N) is 1. The van der Waals surface area contributed by atoms with Gasteiger partial charge in [-0.3, -0.25) is 0 Å². The number of nitrogens with zero attached hydrogens (tertiary/aromatic N) is 4. The Hall–Kier alpha value is -3.17. The molecule has 0 spiro atoms. The normalized spacial score (nSPS) is 18.5. The molecule has 2 amide bonds. The van der Waals surface area contributed by atoms with Gasteiger partial charge in [-0.1, -0.05) is 18.2 Å². The fourth-order valence-electron chi connectivity index (χ4n) is 3.94. The lowest BCUT2D eigenvalue weighted by Gasteiger charge is -2.22. The van der Waals surface area contributed by atoms with E-state index in [2.05, 4.69) is 32.5 Å². The summed E-state index contributed by atoms with van der Waals surface area (Å²) in [6.45, 7) is 2.35. The molecule has 31 heavy (non-hydrogen) atoms. The molecule has 2 unspecified atom stereocenters. The summed E-state index contributed by atoms with van der Waals surface area (Å²) in [4.78, 5) is 22.6. The number of hydrogen-bond donors (Lipinski definition) is 3. The molecule has 2 aromatic heterocycles. The molecule has 164 valence electrons. The Morgan fingerprint density at radius 3 is 2.94 bits per heavy atom. The molecule has 1 saturated heterocycles. The van der Waals surface area contributed by atoms with Crippen molar-refractivity contribution < 1.29 is 9.53 Å². The average Bonchev–Trinajstić information content (AvgIpc) is 3.39. The first kappa shape index (κ1) is 21.1. The van der Waals surface area contributed by atoms with Crippen LogP contribution in [0.3, 0.4) is 0 Å². The number of rotatable bonds is 8. The van der Waals surface area contributed by atoms with Crippen LogP contribution < -0.4 is 16.4 Å². The van der Waals surface area contributed by atoms with Crippen LogP contribution in [0, 0.1) is 0 Å². The van der Waals surface area contributed by atoms with E-state index in [9.17, 15) is 4.79 Å². The second-order valence-corrected chi connectivity index (χ2v) is 7.87. The van der Waals surface area contributed by atoms with Gasteiger partial charge in [0.15, 0.2) is 0 Å². The standard InChI is InChI=1S/C22H29N7O2/c1-28(12-5-11-24-22(30)27-16-6-3-2-4-7-16)14-17-8-9-19(31-17)29-13-10-18-20(23)25-15-26-21(18)29/h2-4,6-7,10,13,15,17,19H,5,8-9,11-12,14H2,1H3,(H2,23,25,26)(H2,24,27,30). The third kappa shape index (κ3) is 5.31. The van der Waals surface area contributed by atoms with Gasteiger partial charge in [0, 0.05) is 25.0 Å². The molecular weight excluding hydrogens is 394 g/mol. The number of nitrogen functional groups attached to an aromatic ring is 1. The highest BCUT2D eigenvalue weighted by Crippen LogP contribution is 2.32. The number of aromatic nitrogens is 3. The summed E-state index contributed by atoms with van der Waals surface area (Å²) < 4.78 is 8.32. The molecule has 0 saturated carbocycles. The van der Waals surface area contributed by atoms with Crippen molar-refractivity contribution in [3.63, 3.8) is 0 Å². The molecule has 9 heteroatoms. The van der Waals surface area contributed by atoms with Crippen LogP contribution in [0.4, 0.5) is 16.3 Å². The van der Waals surface area contributed by atoms with E-state index in [0.29, 0.717) is 12.4 Å². The highest BCUT2D eigenvalue weighted by Gasteiger charge is 2.28. The van der Waals surface area contributed by atoms with Crippen LogP contribution in [0.2, 0.25) is 0 Å². The van der Waals surface area contributed by atoms with Gasteiger partial charge in [0.25, 0.3) is 0 Å². The van der Waals surface area contributed by atoms with Gasteiger partial charge < -0.3 is 30.6 Å². The topological polar surface area (TPSA) is 110 Å². The number of ether oxygens (including phenoxy) is 1. The first-order valence-corrected chi connectivity index (χ1v) is 10.6. The summed E-state index contributed by atoms with van der Waals surface area (Å²) in [6.07, 6.45) is 6.39. The van der Waals surface area contributed by atoms with Gasteiger partial charge in [-0.05, 0) is 51.1 Å². The Balaban J connectivity index is 1.17. The number of likely N-dealkylation sites (N-methyl/N-ethyl adjacent to an activating group) is 1. The summed E-state index contributed by atoms with van der Waals surface area (Å²) in [7, 11) is 2.08. The molecule has 3 heterocycles. The van der Waals surface area contributed by atoms with Crippen LogP contribution in [0.5, 0.6) is 0 Å². The van der Waals surface area contributed by atoms with Crippen molar-refractivity contribution in [3.8, 4) is 0 Å². The number of carbonyl (C=O) groups excluding carboxylic acids is 1. The minimum Gasteiger partial charge on any atom is -0.383 e. The number of amides is 2. The van der Waals surface area contributed by atoms with Gasteiger partial charge in [-0.15, -0.1) is 0 Å². The van der Waals surface area contributed by atoms with Crippen LogP contribution in [-0.2, 0) is 4.74 Å². The van der Waals surface area contributed by atoms with E-state index >= 15 is 0 Å². The molecule has 1 aliphatic rings. The van der Waals surface area contributed by atoms with Crippen molar-refractivity contribution >= 4 is 28.6 Å². The monoisotopic (exact) mass is 423 g/mol. The summed E-state index contributed by atoms with van der Waals surface area (Å²) in [6, 6.07) is 11.2. The van der Waals surface area contributed by atoms with E-state index in [1.807, 2.05) is 47.2 Å². The maximum atomic E-state index is 11.9. The van der Waals surface area contributed by atoms with Gasteiger partial charge in [-0.25, -0.2) is 14.8 Å². The number of benzene rings is 1. The van der Waals surface area contributed by atoms with Crippen molar-refractivity contribution in [1.82, 2.24) is 24.8 Å². The first-order chi connectivity index (χ1) is 15.1. The molecule has 9 nitrogen and oxygen atoms in total. The third-order valence-corrected chi connectivity index (χ3v) is 5.48. The third-order valence-electron chi connectivity index (χ3n) is 5.48. The summed E-state index contributed by atoms with van der Waals surface area (Å²) >= 11 is 0. The molecule has 0 bridgehead atoms. The van der Waals surface area contributed by atoms with Crippen molar-refractivity contribution in [2.24, 2.45) is 0 Å². The second kappa shape index (κ2) is 9.76. The van der Waals surface area contributed by atoms with Gasteiger partial charge in [0.1, 0.15) is 24.0 Å². The van der Waals surface area contributed by atoms with Gasteiger partial charge >= 0.3 is 6.03 Å². The zero-order chi connectivity index (χ0) is 21.6. The van der Waals surface area contributed by atoms with Gasteiger partial charge in [-0.2, -0.15) is 0 Å². The molecule has 2 atom stereocenters. The summed E-state index contributed by atoms with van der Waals surface area (Å²) in [5.74, 6) is 0.490. The lowest BCUT2D eigenvalue weighted by molar-refractivity contribution is -0.00821. The number of hydrogen-bond acceptors (Lipinski definition) is 6. The zero-order valence-electron chi connectivity index (χ0n) is 17.7. The molecule has 1 aliphatic heterocycles. The number of nitrogens with one attached hydrogen (secondary N) is 2. The highest BCUT2D eigenvalue weighted by atomic mass is 16.5. The minimum atomic E-state index is -0.181. The van der Waals surface area contributed by atoms with Crippen molar-refractivity contribution in [2.75, 3.05) is 37.7 Å². The Labute approximate surface area is 181 Å². The van der Waals surface area contributed by atoms with Crippen LogP contribution in [0.25, 0.3) is 11.0 Å². The zero-order valence-corrected chi connectivity index (χ0v) is 17.7. The van der Waals surface area contributed by atoms with E-state index in [4.69, 9.17) is 10.5 Å². The van der Waals surface area contributed by atoms with Crippen LogP contribution in [0.1, 0.15) is 25.5 Å². The summed E-state index contributed by atoms with van der Waals surface area (Å²) in [5, 5.41) is 6.57. The van der Waals surface area contributed by atoms with Crippen LogP contribution in [0.15, 0.2) is 48.9 Å².